The Morgan fingerprint density at radius 3 is 2.43 bits per heavy atom. The van der Waals surface area contributed by atoms with Crippen LogP contribution in [0.5, 0.6) is 0 Å². The van der Waals surface area contributed by atoms with E-state index in [0.29, 0.717) is 10.6 Å². The molecule has 118 valence electrons. The van der Waals surface area contributed by atoms with Gasteiger partial charge in [-0.2, -0.15) is 0 Å². The van der Waals surface area contributed by atoms with Gasteiger partial charge in [0.2, 0.25) is 0 Å². The second kappa shape index (κ2) is 5.89. The molecule has 0 amide bonds. The molecule has 0 bridgehead atoms. The molecule has 1 N–H and O–H groups in total. The van der Waals surface area contributed by atoms with Gasteiger partial charge >= 0.3 is 0 Å². The predicted molar refractivity (Wildman–Crippen MR) is 90.3 cm³/mol. The number of hydrogen-bond acceptors (Lipinski definition) is 3. The maximum atomic E-state index is 12.6. The monoisotopic (exact) mass is 327 g/mol. The van der Waals surface area contributed by atoms with Gasteiger partial charge in [0.25, 0.3) is 10.0 Å². The maximum Gasteiger partial charge on any atom is 0.262 e. The van der Waals surface area contributed by atoms with Crippen molar-refractivity contribution in [3.63, 3.8) is 0 Å². The Balaban J connectivity index is 1.87. The highest BCUT2D eigenvalue weighted by atomic mass is 32.2. The van der Waals surface area contributed by atoms with Crippen LogP contribution in [0.1, 0.15) is 11.1 Å². The van der Waals surface area contributed by atoms with Crippen LogP contribution in [-0.4, -0.2) is 18.0 Å². The van der Waals surface area contributed by atoms with Crippen molar-refractivity contribution >= 4 is 15.7 Å². The molecule has 3 aromatic rings. The molecule has 2 aromatic carbocycles. The maximum absolute atomic E-state index is 12.6. The smallest absolute Gasteiger partial charge is 0.262 e. The number of hydrogen-bond donors (Lipinski definition) is 1. The zero-order valence-corrected chi connectivity index (χ0v) is 13.7. The fraction of sp³-hybridized carbons (Fsp3) is 0.118. The van der Waals surface area contributed by atoms with Crippen molar-refractivity contribution in [2.75, 3.05) is 4.72 Å². The summed E-state index contributed by atoms with van der Waals surface area (Å²) < 4.78 is 29.6. The molecule has 0 saturated heterocycles. The minimum Gasteiger partial charge on any atom is -0.306 e. The van der Waals surface area contributed by atoms with Gasteiger partial charge in [-0.3, -0.25) is 4.72 Å². The van der Waals surface area contributed by atoms with Gasteiger partial charge in [-0.1, -0.05) is 12.1 Å². The van der Waals surface area contributed by atoms with E-state index in [1.165, 1.54) is 0 Å². The fourth-order valence-electron chi connectivity index (χ4n) is 2.32. The molecule has 0 radical (unpaired) electrons. The van der Waals surface area contributed by atoms with Crippen molar-refractivity contribution in [3.05, 3.63) is 72.3 Å². The summed E-state index contributed by atoms with van der Waals surface area (Å²) in [4.78, 5) is 4.29. The Morgan fingerprint density at radius 1 is 1.04 bits per heavy atom. The first kappa shape index (κ1) is 15.3. The lowest BCUT2D eigenvalue weighted by molar-refractivity contribution is 0.600. The van der Waals surface area contributed by atoms with Gasteiger partial charge in [0, 0.05) is 23.8 Å². The molecule has 5 nitrogen and oxygen atoms in total. The van der Waals surface area contributed by atoms with E-state index in [1.54, 1.807) is 37.6 Å². The number of imidazole rings is 1. The summed E-state index contributed by atoms with van der Waals surface area (Å²) in [5.74, 6) is 0. The first-order chi connectivity index (χ1) is 11.0. The van der Waals surface area contributed by atoms with Gasteiger partial charge in [-0.25, -0.2) is 13.4 Å². The molecule has 0 saturated carbocycles. The number of nitrogens with zero attached hydrogens (tertiary/aromatic N) is 2. The van der Waals surface area contributed by atoms with E-state index in [-0.39, 0.29) is 0 Å². The van der Waals surface area contributed by atoms with Crippen LogP contribution in [0.3, 0.4) is 0 Å². The summed E-state index contributed by atoms with van der Waals surface area (Å²) >= 11 is 0. The molecule has 0 aliphatic carbocycles. The lowest BCUT2D eigenvalue weighted by atomic mass is 10.2. The topological polar surface area (TPSA) is 64.0 Å². The molecule has 1 aromatic heterocycles. The molecule has 6 heteroatoms. The average molecular weight is 327 g/mol. The Kier molecular flexibility index (Phi) is 3.92. The molecule has 0 aliphatic heterocycles. The van der Waals surface area contributed by atoms with Crippen LogP contribution >= 0.6 is 0 Å². The van der Waals surface area contributed by atoms with Crippen LogP contribution in [-0.2, 0) is 10.0 Å². The number of aryl methyl sites for hydroxylation is 2. The summed E-state index contributed by atoms with van der Waals surface area (Å²) in [6.45, 7) is 3.66. The van der Waals surface area contributed by atoms with Gasteiger partial charge < -0.3 is 4.57 Å². The normalized spacial score (nSPS) is 11.4. The SMILES string of the molecule is Cc1ccc(C)c(S(=O)(=O)Nc2ccc(-n3ccnc3)cc2)c1. The second-order valence-electron chi connectivity index (χ2n) is 5.39. The highest BCUT2D eigenvalue weighted by Gasteiger charge is 2.17. The zero-order valence-electron chi connectivity index (χ0n) is 12.9. The zero-order chi connectivity index (χ0) is 16.4. The lowest BCUT2D eigenvalue weighted by Crippen LogP contribution is -2.14. The fourth-order valence-corrected chi connectivity index (χ4v) is 3.71. The standard InChI is InChI=1S/C17H17N3O2S/c1-13-3-4-14(2)17(11-13)23(21,22)19-15-5-7-16(8-6-15)20-10-9-18-12-20/h3-12,19H,1-2H3. The van der Waals surface area contributed by atoms with Crippen molar-refractivity contribution in [2.45, 2.75) is 18.7 Å². The minimum absolute atomic E-state index is 0.302. The van der Waals surface area contributed by atoms with Gasteiger partial charge in [0.05, 0.1) is 11.2 Å². The summed E-state index contributed by atoms with van der Waals surface area (Å²) in [5, 5.41) is 0. The highest BCUT2D eigenvalue weighted by molar-refractivity contribution is 7.92. The molecular weight excluding hydrogens is 310 g/mol. The highest BCUT2D eigenvalue weighted by Crippen LogP contribution is 2.21. The van der Waals surface area contributed by atoms with E-state index >= 15 is 0 Å². The van der Waals surface area contributed by atoms with Crippen LogP contribution in [0.15, 0.2) is 66.1 Å². The Morgan fingerprint density at radius 2 is 1.78 bits per heavy atom. The summed E-state index contributed by atoms with van der Waals surface area (Å²) in [6, 6.07) is 12.5. The molecule has 3 rings (SSSR count). The molecule has 0 aliphatic rings. The minimum atomic E-state index is -3.60. The number of anilines is 1. The molecule has 23 heavy (non-hydrogen) atoms. The number of aromatic nitrogens is 2. The summed E-state index contributed by atoms with van der Waals surface area (Å²) in [5.41, 5.74) is 3.07. The van der Waals surface area contributed by atoms with E-state index in [2.05, 4.69) is 9.71 Å². The van der Waals surface area contributed by atoms with Crippen molar-refractivity contribution in [1.29, 1.82) is 0 Å². The number of rotatable bonds is 4. The van der Waals surface area contributed by atoms with Gasteiger partial charge in [-0.15, -0.1) is 0 Å². The number of nitrogens with one attached hydrogen (secondary N) is 1. The molecular formula is C17H17N3O2S. The molecule has 0 atom stereocenters. The van der Waals surface area contributed by atoms with Crippen LogP contribution in [0.25, 0.3) is 5.69 Å². The lowest BCUT2D eigenvalue weighted by Gasteiger charge is -2.11. The largest absolute Gasteiger partial charge is 0.306 e. The van der Waals surface area contributed by atoms with Crippen LogP contribution < -0.4 is 4.72 Å². The van der Waals surface area contributed by atoms with Crippen LogP contribution in [0.4, 0.5) is 5.69 Å². The van der Waals surface area contributed by atoms with Gasteiger partial charge in [-0.05, 0) is 55.3 Å². The van der Waals surface area contributed by atoms with E-state index in [0.717, 1.165) is 16.8 Å². The van der Waals surface area contributed by atoms with Crippen molar-refractivity contribution in [1.82, 2.24) is 9.55 Å². The van der Waals surface area contributed by atoms with Crippen LogP contribution in [0.2, 0.25) is 0 Å². The number of benzene rings is 2. The molecule has 0 fully saturated rings. The van der Waals surface area contributed by atoms with Gasteiger partial charge in [0.15, 0.2) is 0 Å². The molecule has 0 unspecified atom stereocenters. The van der Waals surface area contributed by atoms with E-state index in [1.807, 2.05) is 42.0 Å². The average Bonchev–Trinajstić information content (AvgIpc) is 3.04. The molecule has 0 spiro atoms. The van der Waals surface area contributed by atoms with Crippen LogP contribution in [0, 0.1) is 13.8 Å². The van der Waals surface area contributed by atoms with E-state index < -0.39 is 10.0 Å². The Bertz CT molecular complexity index is 915. The summed E-state index contributed by atoms with van der Waals surface area (Å²) in [7, 11) is -3.60. The molecule has 1 heterocycles. The van der Waals surface area contributed by atoms with Gasteiger partial charge in [0.1, 0.15) is 0 Å². The quantitative estimate of drug-likeness (QED) is 0.800. The van der Waals surface area contributed by atoms with Crippen molar-refractivity contribution < 1.29 is 8.42 Å². The van der Waals surface area contributed by atoms with Crippen molar-refractivity contribution in [3.8, 4) is 5.69 Å². The summed E-state index contributed by atoms with van der Waals surface area (Å²) in [6.07, 6.45) is 5.21. The number of sulfonamides is 1. The first-order valence-corrected chi connectivity index (χ1v) is 8.62. The predicted octanol–water partition coefficient (Wildman–Crippen LogP) is 3.29. The van der Waals surface area contributed by atoms with Crippen molar-refractivity contribution in [2.24, 2.45) is 0 Å². The third-order valence-corrected chi connectivity index (χ3v) is 5.08. The second-order valence-corrected chi connectivity index (χ2v) is 7.04. The Hall–Kier alpha value is -2.60. The van der Waals surface area contributed by atoms with E-state index in [4.69, 9.17) is 0 Å². The first-order valence-electron chi connectivity index (χ1n) is 7.14. The Labute approximate surface area is 135 Å². The third kappa shape index (κ3) is 3.27. The third-order valence-electron chi connectivity index (χ3n) is 3.56. The van der Waals surface area contributed by atoms with E-state index in [9.17, 15) is 8.42 Å².